The molecular formula is C19H14N4O2. The Hall–Kier alpha value is -3.67. The van der Waals surface area contributed by atoms with E-state index in [1.165, 1.54) is 12.5 Å². The van der Waals surface area contributed by atoms with Crippen molar-refractivity contribution in [2.75, 3.05) is 0 Å². The largest absolute Gasteiger partial charge is 0.463 e. The van der Waals surface area contributed by atoms with Crippen LogP contribution in [-0.2, 0) is 0 Å². The van der Waals surface area contributed by atoms with Crippen LogP contribution in [0, 0.1) is 0 Å². The molecule has 6 heteroatoms. The lowest BCUT2D eigenvalue weighted by Gasteiger charge is -2.00. The Morgan fingerprint density at radius 3 is 2.80 bits per heavy atom. The predicted molar refractivity (Wildman–Crippen MR) is 95.3 cm³/mol. The van der Waals surface area contributed by atoms with E-state index in [4.69, 9.17) is 4.42 Å². The average Bonchev–Trinajstić information content (AvgIpc) is 3.33. The van der Waals surface area contributed by atoms with Crippen molar-refractivity contribution in [3.05, 3.63) is 78.4 Å². The van der Waals surface area contributed by atoms with Crippen molar-refractivity contribution in [3.8, 4) is 11.3 Å². The van der Waals surface area contributed by atoms with Crippen molar-refractivity contribution in [2.45, 2.75) is 0 Å². The minimum absolute atomic E-state index is 0.333. The third kappa shape index (κ3) is 3.18. The highest BCUT2D eigenvalue weighted by atomic mass is 16.3. The molecule has 0 saturated heterocycles. The van der Waals surface area contributed by atoms with Gasteiger partial charge in [-0.05, 0) is 35.0 Å². The van der Waals surface area contributed by atoms with Gasteiger partial charge in [-0.15, -0.1) is 0 Å². The monoisotopic (exact) mass is 330 g/mol. The molecule has 6 nitrogen and oxygen atoms in total. The number of amides is 1. The summed E-state index contributed by atoms with van der Waals surface area (Å²) in [6.45, 7) is 0. The zero-order chi connectivity index (χ0) is 17.1. The number of rotatable bonds is 4. The van der Waals surface area contributed by atoms with Crippen LogP contribution in [0.4, 0.5) is 0 Å². The van der Waals surface area contributed by atoms with E-state index >= 15 is 0 Å². The standard InChI is InChI=1S/C19H14N4O2/c24-19(23-20-12-16-6-3-9-25-16)18-11-17(21-22-18)15-8-7-13-4-1-2-5-14(13)10-15/h1-12H,(H,21,22)(H,23,24)/b20-12-. The highest BCUT2D eigenvalue weighted by molar-refractivity contribution is 5.94. The Kier molecular flexibility index (Phi) is 3.84. The summed E-state index contributed by atoms with van der Waals surface area (Å²) in [4.78, 5) is 12.1. The van der Waals surface area contributed by atoms with E-state index in [-0.39, 0.29) is 5.91 Å². The number of hydrazone groups is 1. The fraction of sp³-hybridized carbons (Fsp3) is 0. The number of benzene rings is 2. The van der Waals surface area contributed by atoms with Crippen LogP contribution in [0.2, 0.25) is 0 Å². The van der Waals surface area contributed by atoms with Gasteiger partial charge in [0, 0.05) is 5.56 Å². The molecule has 0 bridgehead atoms. The molecule has 4 aromatic rings. The Morgan fingerprint density at radius 2 is 1.96 bits per heavy atom. The van der Waals surface area contributed by atoms with Crippen LogP contribution in [0.3, 0.4) is 0 Å². The predicted octanol–water partition coefficient (Wildman–Crippen LogP) is 3.59. The summed E-state index contributed by atoms with van der Waals surface area (Å²) in [6, 6.07) is 19.3. The Bertz CT molecular complexity index is 1050. The molecule has 0 atom stereocenters. The highest BCUT2D eigenvalue weighted by Gasteiger charge is 2.10. The lowest BCUT2D eigenvalue weighted by molar-refractivity contribution is 0.0950. The Morgan fingerprint density at radius 1 is 1.08 bits per heavy atom. The van der Waals surface area contributed by atoms with Gasteiger partial charge in [0.25, 0.3) is 5.91 Å². The molecular weight excluding hydrogens is 316 g/mol. The van der Waals surface area contributed by atoms with Gasteiger partial charge in [0.15, 0.2) is 0 Å². The number of carbonyl (C=O) groups is 1. The van der Waals surface area contributed by atoms with E-state index in [0.29, 0.717) is 17.1 Å². The quantitative estimate of drug-likeness (QED) is 0.443. The van der Waals surface area contributed by atoms with Crippen LogP contribution in [0.15, 0.2) is 76.4 Å². The molecule has 0 radical (unpaired) electrons. The van der Waals surface area contributed by atoms with Gasteiger partial charge in [0.05, 0.1) is 18.2 Å². The number of fused-ring (bicyclic) bond motifs is 1. The summed E-state index contributed by atoms with van der Waals surface area (Å²) in [5.74, 6) is 0.184. The molecule has 1 amide bonds. The number of carbonyl (C=O) groups excluding carboxylic acids is 1. The van der Waals surface area contributed by atoms with E-state index < -0.39 is 0 Å². The van der Waals surface area contributed by atoms with Gasteiger partial charge >= 0.3 is 0 Å². The first-order valence-electron chi connectivity index (χ1n) is 7.71. The summed E-state index contributed by atoms with van der Waals surface area (Å²) >= 11 is 0. The van der Waals surface area contributed by atoms with Gasteiger partial charge < -0.3 is 4.42 Å². The van der Waals surface area contributed by atoms with Crippen LogP contribution in [0.25, 0.3) is 22.0 Å². The van der Waals surface area contributed by atoms with Gasteiger partial charge in [0.2, 0.25) is 0 Å². The molecule has 0 saturated carbocycles. The fourth-order valence-corrected chi connectivity index (χ4v) is 2.51. The second-order valence-corrected chi connectivity index (χ2v) is 5.44. The number of H-pyrrole nitrogens is 1. The number of nitrogens with zero attached hydrogens (tertiary/aromatic N) is 2. The van der Waals surface area contributed by atoms with Gasteiger partial charge in [0.1, 0.15) is 11.5 Å². The number of furan rings is 1. The van der Waals surface area contributed by atoms with Crippen LogP contribution in [-0.4, -0.2) is 22.3 Å². The molecule has 122 valence electrons. The molecule has 0 unspecified atom stereocenters. The molecule has 0 aliphatic heterocycles. The normalized spacial score (nSPS) is 11.2. The summed E-state index contributed by atoms with van der Waals surface area (Å²) in [6.07, 6.45) is 2.96. The Balaban J connectivity index is 1.51. The number of hydrogen-bond donors (Lipinski definition) is 2. The average molecular weight is 330 g/mol. The van der Waals surface area contributed by atoms with E-state index in [0.717, 1.165) is 16.3 Å². The first-order chi connectivity index (χ1) is 12.3. The minimum atomic E-state index is -0.373. The number of nitrogens with one attached hydrogen (secondary N) is 2. The molecule has 2 N–H and O–H groups in total. The number of hydrogen-bond acceptors (Lipinski definition) is 4. The zero-order valence-electron chi connectivity index (χ0n) is 13.1. The smallest absolute Gasteiger partial charge is 0.289 e. The molecule has 4 rings (SSSR count). The first kappa shape index (κ1) is 14.9. The summed E-state index contributed by atoms with van der Waals surface area (Å²) in [5, 5.41) is 13.1. The van der Waals surface area contributed by atoms with Crippen molar-refractivity contribution < 1.29 is 9.21 Å². The Labute approximate surface area is 143 Å². The topological polar surface area (TPSA) is 83.3 Å². The summed E-state index contributed by atoms with van der Waals surface area (Å²) in [7, 11) is 0. The van der Waals surface area contributed by atoms with Gasteiger partial charge in [-0.2, -0.15) is 10.2 Å². The van der Waals surface area contributed by atoms with Crippen molar-refractivity contribution in [2.24, 2.45) is 5.10 Å². The lowest BCUT2D eigenvalue weighted by atomic mass is 10.1. The van der Waals surface area contributed by atoms with Crippen molar-refractivity contribution >= 4 is 22.9 Å². The molecule has 2 aromatic carbocycles. The van der Waals surface area contributed by atoms with Crippen molar-refractivity contribution in [1.29, 1.82) is 0 Å². The summed E-state index contributed by atoms with van der Waals surface area (Å²) in [5.41, 5.74) is 4.40. The SMILES string of the molecule is O=C(N/N=C\c1ccco1)c1cc(-c2ccc3ccccc3c2)n[nH]1. The first-order valence-corrected chi connectivity index (χ1v) is 7.71. The maximum Gasteiger partial charge on any atom is 0.289 e. The maximum absolute atomic E-state index is 12.1. The zero-order valence-corrected chi connectivity index (χ0v) is 13.1. The number of aromatic amines is 1. The third-order valence-corrected chi connectivity index (χ3v) is 3.77. The number of aromatic nitrogens is 2. The molecule has 0 aliphatic carbocycles. The molecule has 2 heterocycles. The third-order valence-electron chi connectivity index (χ3n) is 3.77. The molecule has 0 aliphatic rings. The van der Waals surface area contributed by atoms with Crippen LogP contribution < -0.4 is 5.43 Å². The second kappa shape index (κ2) is 6.45. The fourth-order valence-electron chi connectivity index (χ4n) is 2.51. The molecule has 25 heavy (non-hydrogen) atoms. The van der Waals surface area contributed by atoms with Crippen LogP contribution in [0.5, 0.6) is 0 Å². The van der Waals surface area contributed by atoms with E-state index in [1.807, 2.05) is 36.4 Å². The van der Waals surface area contributed by atoms with E-state index in [9.17, 15) is 4.79 Å². The van der Waals surface area contributed by atoms with Gasteiger partial charge in [-0.25, -0.2) is 5.43 Å². The van der Waals surface area contributed by atoms with Crippen LogP contribution >= 0.6 is 0 Å². The summed E-state index contributed by atoms with van der Waals surface area (Å²) < 4.78 is 5.10. The highest BCUT2D eigenvalue weighted by Crippen LogP contribution is 2.23. The molecule has 2 aromatic heterocycles. The second-order valence-electron chi connectivity index (χ2n) is 5.44. The molecule has 0 fully saturated rings. The maximum atomic E-state index is 12.1. The van der Waals surface area contributed by atoms with Crippen molar-refractivity contribution in [3.63, 3.8) is 0 Å². The minimum Gasteiger partial charge on any atom is -0.463 e. The van der Waals surface area contributed by atoms with Gasteiger partial charge in [-0.1, -0.05) is 36.4 Å². The lowest BCUT2D eigenvalue weighted by Crippen LogP contribution is -2.17. The van der Waals surface area contributed by atoms with Gasteiger partial charge in [-0.3, -0.25) is 9.89 Å². The van der Waals surface area contributed by atoms with E-state index in [2.05, 4.69) is 26.8 Å². The molecule has 0 spiro atoms. The van der Waals surface area contributed by atoms with Crippen LogP contribution in [0.1, 0.15) is 16.2 Å². The van der Waals surface area contributed by atoms with E-state index in [1.54, 1.807) is 18.2 Å². The van der Waals surface area contributed by atoms with Crippen molar-refractivity contribution in [1.82, 2.24) is 15.6 Å².